The van der Waals surface area contributed by atoms with Gasteiger partial charge >= 0.3 is 0 Å². The van der Waals surface area contributed by atoms with Crippen molar-refractivity contribution in [2.45, 2.75) is 18.9 Å². The molecule has 1 aromatic heterocycles. The van der Waals surface area contributed by atoms with E-state index in [1.807, 2.05) is 73.7 Å². The number of nitrogens with zero attached hydrogens (tertiary/aromatic N) is 2. The van der Waals surface area contributed by atoms with E-state index in [2.05, 4.69) is 0 Å². The maximum absolute atomic E-state index is 13.4. The second kappa shape index (κ2) is 7.67. The van der Waals surface area contributed by atoms with E-state index in [1.54, 1.807) is 31.3 Å². The lowest BCUT2D eigenvalue weighted by atomic mass is 9.87. The van der Waals surface area contributed by atoms with Crippen LogP contribution in [0.1, 0.15) is 18.1 Å². The van der Waals surface area contributed by atoms with Gasteiger partial charge in [-0.05, 0) is 36.3 Å². The van der Waals surface area contributed by atoms with Crippen LogP contribution in [-0.2, 0) is 16.0 Å². The number of carbonyl (C=O) groups is 2. The number of benzene rings is 2. The third-order valence-electron chi connectivity index (χ3n) is 5.82. The van der Waals surface area contributed by atoms with Crippen LogP contribution >= 0.6 is 0 Å². The van der Waals surface area contributed by atoms with Crippen LogP contribution in [0.4, 0.5) is 0 Å². The molecule has 30 heavy (non-hydrogen) atoms. The smallest absolute Gasteiger partial charge is 0.271 e. The molecular formula is C25H24N2O3. The molecule has 1 atom stereocenters. The number of hydrogen-bond acceptors (Lipinski definition) is 3. The Morgan fingerprint density at radius 3 is 2.33 bits per heavy atom. The summed E-state index contributed by atoms with van der Waals surface area (Å²) < 4.78 is 5.54. The number of piperazine rings is 1. The van der Waals surface area contributed by atoms with Gasteiger partial charge in [0.1, 0.15) is 17.0 Å². The molecule has 5 heteroatoms. The van der Waals surface area contributed by atoms with Gasteiger partial charge in [0, 0.05) is 26.1 Å². The number of furan rings is 1. The predicted octanol–water partition coefficient (Wildman–Crippen LogP) is 4.22. The van der Waals surface area contributed by atoms with Gasteiger partial charge in [-0.2, -0.15) is 0 Å². The Morgan fingerprint density at radius 1 is 0.933 bits per heavy atom. The topological polar surface area (TPSA) is 53.8 Å². The molecule has 0 N–H and O–H groups in total. The first kappa shape index (κ1) is 19.7. The predicted molar refractivity (Wildman–Crippen MR) is 116 cm³/mol. The van der Waals surface area contributed by atoms with E-state index in [1.165, 1.54) is 4.90 Å². The maximum atomic E-state index is 13.4. The van der Waals surface area contributed by atoms with Gasteiger partial charge in [-0.1, -0.05) is 54.6 Å². The van der Waals surface area contributed by atoms with Crippen molar-refractivity contribution >= 4 is 17.9 Å². The SMILES string of the molecule is CN1C(=O)C(C)(Cc2ccccc2)N(C)C(=O)C1=Cc1ccccc1-c1ccco1. The first-order valence-electron chi connectivity index (χ1n) is 9.86. The molecule has 1 unspecified atom stereocenters. The van der Waals surface area contributed by atoms with Crippen molar-refractivity contribution in [1.82, 2.24) is 9.80 Å². The Balaban J connectivity index is 1.72. The molecule has 2 heterocycles. The zero-order valence-electron chi connectivity index (χ0n) is 17.3. The van der Waals surface area contributed by atoms with Crippen LogP contribution in [0, 0.1) is 0 Å². The highest BCUT2D eigenvalue weighted by Gasteiger charge is 2.48. The molecule has 1 aliphatic rings. The normalized spacial score (nSPS) is 20.8. The first-order valence-corrected chi connectivity index (χ1v) is 9.86. The maximum Gasteiger partial charge on any atom is 0.271 e. The summed E-state index contributed by atoms with van der Waals surface area (Å²) in [6.07, 6.45) is 3.83. The third kappa shape index (κ3) is 3.32. The Bertz CT molecular complexity index is 1100. The fraction of sp³-hybridized carbons (Fsp3) is 0.200. The molecular weight excluding hydrogens is 376 g/mol. The fourth-order valence-corrected chi connectivity index (χ4v) is 3.93. The van der Waals surface area contributed by atoms with E-state index in [0.29, 0.717) is 17.9 Å². The zero-order valence-corrected chi connectivity index (χ0v) is 17.3. The molecule has 1 aliphatic heterocycles. The quantitative estimate of drug-likeness (QED) is 0.616. The average Bonchev–Trinajstić information content (AvgIpc) is 3.30. The van der Waals surface area contributed by atoms with E-state index < -0.39 is 5.54 Å². The lowest BCUT2D eigenvalue weighted by Crippen LogP contribution is -2.64. The van der Waals surface area contributed by atoms with Crippen molar-refractivity contribution in [3.8, 4) is 11.3 Å². The molecule has 2 amide bonds. The van der Waals surface area contributed by atoms with Gasteiger partial charge in [0.25, 0.3) is 11.8 Å². The molecule has 1 saturated heterocycles. The monoisotopic (exact) mass is 400 g/mol. The number of carbonyl (C=O) groups excluding carboxylic acids is 2. The van der Waals surface area contributed by atoms with Crippen molar-refractivity contribution < 1.29 is 14.0 Å². The van der Waals surface area contributed by atoms with Crippen LogP contribution in [-0.4, -0.2) is 41.2 Å². The van der Waals surface area contributed by atoms with Crippen LogP contribution in [0.15, 0.2) is 83.1 Å². The van der Waals surface area contributed by atoms with Crippen LogP contribution in [0.2, 0.25) is 0 Å². The van der Waals surface area contributed by atoms with Gasteiger partial charge < -0.3 is 14.2 Å². The van der Waals surface area contributed by atoms with Gasteiger partial charge in [-0.15, -0.1) is 0 Å². The minimum absolute atomic E-state index is 0.116. The second-order valence-electron chi connectivity index (χ2n) is 7.76. The lowest BCUT2D eigenvalue weighted by molar-refractivity contribution is -0.155. The Morgan fingerprint density at radius 2 is 1.63 bits per heavy atom. The van der Waals surface area contributed by atoms with Gasteiger partial charge in [0.2, 0.25) is 0 Å². The van der Waals surface area contributed by atoms with Crippen molar-refractivity contribution in [3.05, 3.63) is 89.8 Å². The van der Waals surface area contributed by atoms with Crippen molar-refractivity contribution in [3.63, 3.8) is 0 Å². The largest absolute Gasteiger partial charge is 0.464 e. The molecule has 0 aliphatic carbocycles. The van der Waals surface area contributed by atoms with Crippen molar-refractivity contribution in [2.75, 3.05) is 14.1 Å². The van der Waals surface area contributed by atoms with Gasteiger partial charge in [0.05, 0.1) is 6.26 Å². The number of rotatable bonds is 4. The fourth-order valence-electron chi connectivity index (χ4n) is 3.93. The van der Waals surface area contributed by atoms with Gasteiger partial charge in [0.15, 0.2) is 0 Å². The summed E-state index contributed by atoms with van der Waals surface area (Å²) in [4.78, 5) is 29.8. The van der Waals surface area contributed by atoms with Crippen molar-refractivity contribution in [2.24, 2.45) is 0 Å². The van der Waals surface area contributed by atoms with E-state index in [9.17, 15) is 9.59 Å². The summed E-state index contributed by atoms with van der Waals surface area (Å²) in [6.45, 7) is 1.82. The number of hydrogen-bond donors (Lipinski definition) is 0. The van der Waals surface area contributed by atoms with E-state index in [-0.39, 0.29) is 11.8 Å². The third-order valence-corrected chi connectivity index (χ3v) is 5.82. The summed E-state index contributed by atoms with van der Waals surface area (Å²) in [5, 5.41) is 0. The summed E-state index contributed by atoms with van der Waals surface area (Å²) in [6, 6.07) is 21.1. The summed E-state index contributed by atoms with van der Waals surface area (Å²) in [5.74, 6) is 0.405. The molecule has 3 aromatic rings. The molecule has 0 bridgehead atoms. The highest BCUT2D eigenvalue weighted by Crippen LogP contribution is 2.33. The number of amides is 2. The first-order chi connectivity index (χ1) is 14.4. The Labute approximate surface area is 176 Å². The highest BCUT2D eigenvalue weighted by molar-refractivity contribution is 6.09. The molecule has 2 aromatic carbocycles. The minimum atomic E-state index is -0.953. The van der Waals surface area contributed by atoms with Crippen molar-refractivity contribution in [1.29, 1.82) is 0 Å². The van der Waals surface area contributed by atoms with E-state index in [4.69, 9.17) is 4.42 Å². The van der Waals surface area contributed by atoms with Crippen LogP contribution < -0.4 is 0 Å². The van der Waals surface area contributed by atoms with Gasteiger partial charge in [-0.25, -0.2) is 0 Å². The van der Waals surface area contributed by atoms with Crippen LogP contribution in [0.3, 0.4) is 0 Å². The van der Waals surface area contributed by atoms with E-state index >= 15 is 0 Å². The summed E-state index contributed by atoms with van der Waals surface area (Å²) in [7, 11) is 3.36. The molecule has 0 radical (unpaired) electrons. The van der Waals surface area contributed by atoms with Crippen LogP contribution in [0.5, 0.6) is 0 Å². The van der Waals surface area contributed by atoms with Gasteiger partial charge in [-0.3, -0.25) is 9.59 Å². The standard InChI is InChI=1S/C25H24N2O3/c1-25(17-18-10-5-4-6-11-18)24(29)26(2)21(23(28)27(25)3)16-19-12-7-8-13-20(19)22-14-9-15-30-22/h4-16H,17H2,1-3H3. The van der Waals surface area contributed by atoms with Crippen LogP contribution in [0.25, 0.3) is 17.4 Å². The molecule has 0 saturated carbocycles. The lowest BCUT2D eigenvalue weighted by Gasteiger charge is -2.45. The number of likely N-dealkylation sites (N-methyl/N-ethyl adjacent to an activating group) is 2. The average molecular weight is 400 g/mol. The zero-order chi connectivity index (χ0) is 21.3. The Kier molecular flexibility index (Phi) is 5.04. The summed E-state index contributed by atoms with van der Waals surface area (Å²) >= 11 is 0. The molecule has 0 spiro atoms. The van der Waals surface area contributed by atoms with E-state index in [0.717, 1.165) is 16.7 Å². The molecule has 1 fully saturated rings. The summed E-state index contributed by atoms with van der Waals surface area (Å²) in [5.41, 5.74) is 2.08. The minimum Gasteiger partial charge on any atom is -0.464 e. The molecule has 152 valence electrons. The Hall–Kier alpha value is -3.60. The molecule has 5 nitrogen and oxygen atoms in total. The second-order valence-corrected chi connectivity index (χ2v) is 7.76. The highest BCUT2D eigenvalue weighted by atomic mass is 16.3. The molecule has 4 rings (SSSR count).